The van der Waals surface area contributed by atoms with Crippen molar-refractivity contribution in [3.63, 3.8) is 0 Å². The Labute approximate surface area is 187 Å². The standard InChI is InChI=1S/C25H13BNO2.Ir/c1-3-9-20-18(7-1)26-19-8-2-4-10-21(19)29-25-16-12-11-15-6-5-13-27-24(15)17(16)14-22(28-20)23(25)26;/h1-13H;/q-1;. The molecular formula is C25H13BIrNO2-. The van der Waals surface area contributed by atoms with E-state index in [2.05, 4.69) is 53.5 Å². The second kappa shape index (κ2) is 6.43. The summed E-state index contributed by atoms with van der Waals surface area (Å²) >= 11 is 0. The number of benzene rings is 4. The molecule has 2 aliphatic rings. The first-order valence-electron chi connectivity index (χ1n) is 9.69. The number of para-hydroxylation sites is 2. The second-order valence-electron chi connectivity index (χ2n) is 7.47. The molecule has 0 saturated heterocycles. The summed E-state index contributed by atoms with van der Waals surface area (Å²) in [5, 5.41) is 3.01. The Morgan fingerprint density at radius 1 is 0.767 bits per heavy atom. The van der Waals surface area contributed by atoms with Crippen LogP contribution in [0.25, 0.3) is 21.7 Å². The van der Waals surface area contributed by atoms with Gasteiger partial charge in [0.2, 0.25) is 6.71 Å². The van der Waals surface area contributed by atoms with Gasteiger partial charge in [-0.1, -0.05) is 71.5 Å². The van der Waals surface area contributed by atoms with Crippen LogP contribution in [0.3, 0.4) is 0 Å². The average molecular weight is 562 g/mol. The van der Waals surface area contributed by atoms with Gasteiger partial charge < -0.3 is 14.5 Å². The normalized spacial score (nSPS) is 12.9. The predicted molar refractivity (Wildman–Crippen MR) is 116 cm³/mol. The first kappa shape index (κ1) is 17.7. The molecule has 143 valence electrons. The molecular weight excluding hydrogens is 549 g/mol. The van der Waals surface area contributed by atoms with E-state index in [1.165, 1.54) is 0 Å². The van der Waals surface area contributed by atoms with Crippen LogP contribution in [0.5, 0.6) is 23.0 Å². The van der Waals surface area contributed by atoms with Crippen LogP contribution in [0, 0.1) is 6.07 Å². The molecule has 3 heterocycles. The van der Waals surface area contributed by atoms with Gasteiger partial charge in [-0.25, -0.2) is 0 Å². The zero-order valence-electron chi connectivity index (χ0n) is 15.7. The molecule has 0 unspecified atom stereocenters. The molecule has 2 aliphatic heterocycles. The van der Waals surface area contributed by atoms with E-state index in [4.69, 9.17) is 9.47 Å². The quantitative estimate of drug-likeness (QED) is 0.160. The van der Waals surface area contributed by atoms with Gasteiger partial charge >= 0.3 is 0 Å². The zero-order valence-corrected chi connectivity index (χ0v) is 18.1. The van der Waals surface area contributed by atoms with Crippen molar-refractivity contribution in [1.82, 2.24) is 4.98 Å². The summed E-state index contributed by atoms with van der Waals surface area (Å²) in [5.74, 6) is 3.33. The largest absolute Gasteiger partial charge is 0.478 e. The van der Waals surface area contributed by atoms with E-state index >= 15 is 0 Å². The molecule has 0 bridgehead atoms. The number of hydrogen-bond donors (Lipinski definition) is 0. The Hall–Kier alpha value is -3.14. The Morgan fingerprint density at radius 2 is 1.50 bits per heavy atom. The zero-order chi connectivity index (χ0) is 18.9. The molecule has 0 atom stereocenters. The smallest absolute Gasteiger partial charge is 0.208 e. The average Bonchev–Trinajstić information content (AvgIpc) is 2.78. The third kappa shape index (κ3) is 2.28. The summed E-state index contributed by atoms with van der Waals surface area (Å²) in [7, 11) is 0. The fourth-order valence-electron chi connectivity index (χ4n) is 4.66. The van der Waals surface area contributed by atoms with Gasteiger partial charge in [-0.2, -0.15) is 0 Å². The minimum Gasteiger partial charge on any atom is -0.478 e. The first-order chi connectivity index (χ1) is 14.4. The molecule has 1 radical (unpaired) electrons. The van der Waals surface area contributed by atoms with E-state index in [1.54, 1.807) is 0 Å². The van der Waals surface area contributed by atoms with Gasteiger partial charge in [0.05, 0.1) is 5.75 Å². The monoisotopic (exact) mass is 563 g/mol. The molecule has 3 nitrogen and oxygen atoms in total. The summed E-state index contributed by atoms with van der Waals surface area (Å²) in [6, 6.07) is 28.2. The first-order valence-corrected chi connectivity index (χ1v) is 9.69. The molecule has 1 aromatic heterocycles. The molecule has 5 heteroatoms. The van der Waals surface area contributed by atoms with E-state index in [-0.39, 0.29) is 26.8 Å². The van der Waals surface area contributed by atoms with E-state index in [0.717, 1.165) is 61.1 Å². The minimum absolute atomic E-state index is 0. The minimum atomic E-state index is 0. The van der Waals surface area contributed by atoms with Gasteiger partial charge in [-0.05, 0) is 40.0 Å². The number of nitrogens with zero attached hydrogens (tertiary/aromatic N) is 1. The maximum atomic E-state index is 6.47. The summed E-state index contributed by atoms with van der Waals surface area (Å²) in [4.78, 5) is 4.62. The van der Waals surface area contributed by atoms with E-state index in [0.29, 0.717) is 0 Å². The molecule has 30 heavy (non-hydrogen) atoms. The summed E-state index contributed by atoms with van der Waals surface area (Å²) in [6.07, 6.45) is 1.82. The van der Waals surface area contributed by atoms with E-state index in [1.807, 2.05) is 36.5 Å². The molecule has 4 aromatic carbocycles. The third-order valence-corrected chi connectivity index (χ3v) is 5.92. The number of fused-ring (bicyclic) bond motifs is 8. The van der Waals surface area contributed by atoms with Crippen LogP contribution in [0.1, 0.15) is 0 Å². The van der Waals surface area contributed by atoms with E-state index < -0.39 is 0 Å². The van der Waals surface area contributed by atoms with Crippen LogP contribution in [-0.2, 0) is 20.1 Å². The third-order valence-electron chi connectivity index (χ3n) is 5.92. The van der Waals surface area contributed by atoms with Crippen molar-refractivity contribution in [3.05, 3.63) is 85.1 Å². The molecule has 0 amide bonds. The van der Waals surface area contributed by atoms with Crippen LogP contribution in [0.4, 0.5) is 0 Å². The Kier molecular flexibility index (Phi) is 3.79. The number of aromatic nitrogens is 1. The van der Waals surface area contributed by atoms with Crippen molar-refractivity contribution in [2.24, 2.45) is 0 Å². The molecule has 0 saturated carbocycles. The topological polar surface area (TPSA) is 31.4 Å². The maximum Gasteiger partial charge on any atom is 0.208 e. The number of pyridine rings is 1. The van der Waals surface area contributed by atoms with Crippen LogP contribution < -0.4 is 25.9 Å². The van der Waals surface area contributed by atoms with Crippen molar-refractivity contribution in [1.29, 1.82) is 0 Å². The predicted octanol–water partition coefficient (Wildman–Crippen LogP) is 3.91. The Morgan fingerprint density at radius 3 is 2.30 bits per heavy atom. The Balaban J connectivity index is 0.00000175. The van der Waals surface area contributed by atoms with Crippen molar-refractivity contribution in [3.8, 4) is 23.0 Å². The molecule has 0 fully saturated rings. The fraction of sp³-hybridized carbons (Fsp3) is 0. The summed E-state index contributed by atoms with van der Waals surface area (Å²) < 4.78 is 12.8. The molecule has 7 rings (SSSR count). The summed E-state index contributed by atoms with van der Waals surface area (Å²) in [6.45, 7) is 0.0648. The van der Waals surface area contributed by atoms with Crippen LogP contribution in [0.15, 0.2) is 79.0 Å². The van der Waals surface area contributed by atoms with Gasteiger partial charge in [0.1, 0.15) is 11.5 Å². The van der Waals surface area contributed by atoms with Crippen molar-refractivity contribution >= 4 is 44.8 Å². The van der Waals surface area contributed by atoms with Gasteiger partial charge in [-0.15, -0.1) is 5.39 Å². The van der Waals surface area contributed by atoms with Gasteiger partial charge in [0.25, 0.3) is 0 Å². The number of ether oxygens (including phenoxy) is 2. The summed E-state index contributed by atoms with van der Waals surface area (Å²) in [5.41, 5.74) is 4.27. The van der Waals surface area contributed by atoms with Crippen LogP contribution in [-0.4, -0.2) is 11.7 Å². The Bertz CT molecular complexity index is 1470. The van der Waals surface area contributed by atoms with Crippen molar-refractivity contribution in [2.75, 3.05) is 0 Å². The molecule has 5 aromatic rings. The van der Waals surface area contributed by atoms with Crippen molar-refractivity contribution < 1.29 is 29.6 Å². The molecule has 0 N–H and O–H groups in total. The van der Waals surface area contributed by atoms with Crippen molar-refractivity contribution in [2.45, 2.75) is 0 Å². The van der Waals surface area contributed by atoms with E-state index in [9.17, 15) is 0 Å². The van der Waals surface area contributed by atoms with Gasteiger partial charge in [-0.3, -0.25) is 0 Å². The van der Waals surface area contributed by atoms with Gasteiger partial charge in [0, 0.05) is 32.1 Å². The fourth-order valence-corrected chi connectivity index (χ4v) is 4.66. The maximum absolute atomic E-state index is 6.47. The molecule has 0 aliphatic carbocycles. The molecule has 0 spiro atoms. The number of hydrogen-bond acceptors (Lipinski definition) is 3. The SMILES string of the molecule is [Ir].[c-]1c2c3c(c4ccc5cccnc5c14)Oc1ccccc1B3c1ccccc1O2. The van der Waals surface area contributed by atoms with Gasteiger partial charge in [0.15, 0.2) is 0 Å². The van der Waals surface area contributed by atoms with Crippen LogP contribution >= 0.6 is 0 Å². The number of rotatable bonds is 0. The van der Waals surface area contributed by atoms with Crippen LogP contribution in [0.2, 0.25) is 0 Å². The second-order valence-corrected chi connectivity index (χ2v) is 7.47.